The molecule has 12 aromatic heterocycles. The second-order valence-electron chi connectivity index (χ2n) is 31.3. The van der Waals surface area contributed by atoms with E-state index in [2.05, 4.69) is 83.9 Å². The van der Waals surface area contributed by atoms with Crippen molar-refractivity contribution in [3.05, 3.63) is 272 Å². The number of hydrogen-bond donors (Lipinski definition) is 5. The van der Waals surface area contributed by atoms with Crippen LogP contribution in [-0.2, 0) is 0 Å². The molecular weight excluding hydrogens is 1470 g/mol. The molecule has 0 unspecified atom stereocenters. The standard InChI is InChI=1S/2C25H22N6.C25H22N5O.C19H18N6/c2*1-15-19-11-10-18(14-20(19)29-24(28-15)16-6-3-2-4-7-16)21-22-23(26)27-12-13-31(22)25(30-21)17-8-5-9-17;26-24-23-22(28-25(18-7-4-8-18)29(23)14-13-27-24)19-10-9-17-11-12-20(30(31)21(17)15-19)16-5-2-1-3-6-16;1-11-10-22-14-6-5-13(9-15(14)23-11)16-17-18(20)21-7-8-25(17)19(24-16)12-3-2-4-12/h2*2-4,6-7,10-14,17H,5,8-9H2,1H3,(H2,26,27);1-3,5-6,9-15,18,31H,4,7-8H2,(H2,26,27);5-10,12H,2-4H2,1H3,(H2,20,21)/q;;+1;. The molecule has 580 valence electrons. The Bertz CT molecular complexity index is 6880. The molecule has 0 atom stereocenters. The third-order valence-electron chi connectivity index (χ3n) is 23.9. The number of benzene rings is 7. The van der Waals surface area contributed by atoms with Gasteiger partial charge in [0.15, 0.2) is 11.6 Å². The first-order chi connectivity index (χ1) is 57.8. The highest BCUT2D eigenvalue weighted by Gasteiger charge is 2.32. The lowest BCUT2D eigenvalue weighted by Crippen LogP contribution is -2.33. The third kappa shape index (κ3) is 13.1. The van der Waals surface area contributed by atoms with E-state index in [0.717, 1.165) is 193 Å². The molecule has 7 aromatic carbocycles. The Labute approximate surface area is 678 Å². The van der Waals surface area contributed by atoms with E-state index < -0.39 is 0 Å². The van der Waals surface area contributed by atoms with Crippen LogP contribution < -0.4 is 27.7 Å². The highest BCUT2D eigenvalue weighted by atomic mass is 16.5. The van der Waals surface area contributed by atoms with Gasteiger partial charge in [-0.2, -0.15) is 0 Å². The van der Waals surface area contributed by atoms with Gasteiger partial charge >= 0.3 is 0 Å². The fourth-order valence-corrected chi connectivity index (χ4v) is 16.7. The third-order valence-corrected chi connectivity index (χ3v) is 23.9. The van der Waals surface area contributed by atoms with Gasteiger partial charge in [0.1, 0.15) is 91.4 Å². The molecule has 118 heavy (non-hydrogen) atoms. The Kier molecular flexibility index (Phi) is 18.4. The summed E-state index contributed by atoms with van der Waals surface area (Å²) in [5.41, 5.74) is 46.6. The maximum Gasteiger partial charge on any atom is 0.265 e. The molecule has 4 saturated carbocycles. The van der Waals surface area contributed by atoms with Crippen molar-refractivity contribution in [2.45, 2.75) is 121 Å². The molecule has 19 aromatic rings. The van der Waals surface area contributed by atoms with Gasteiger partial charge in [0.05, 0.1) is 38.7 Å². The van der Waals surface area contributed by atoms with Crippen molar-refractivity contribution < 1.29 is 9.94 Å². The predicted molar refractivity (Wildman–Crippen MR) is 462 cm³/mol. The average Bonchev–Trinajstić information content (AvgIpc) is 1.66. The van der Waals surface area contributed by atoms with Crippen LogP contribution in [-0.4, -0.2) is 92.6 Å². The summed E-state index contributed by atoms with van der Waals surface area (Å²) in [5, 5.41) is 14.1. The lowest BCUT2D eigenvalue weighted by atomic mass is 9.85. The number of fused-ring (bicyclic) bond motifs is 8. The van der Waals surface area contributed by atoms with Crippen molar-refractivity contribution in [1.29, 1.82) is 0 Å². The summed E-state index contributed by atoms with van der Waals surface area (Å²) < 4.78 is 9.67. The van der Waals surface area contributed by atoms with Crippen LogP contribution in [0.15, 0.2) is 232 Å². The quantitative estimate of drug-likeness (QED) is 0.0593. The summed E-state index contributed by atoms with van der Waals surface area (Å²) in [6.45, 7) is 6.00. The van der Waals surface area contributed by atoms with Gasteiger partial charge < -0.3 is 22.9 Å². The van der Waals surface area contributed by atoms with Gasteiger partial charge in [-0.3, -0.25) is 27.8 Å². The molecule has 0 amide bonds. The minimum atomic E-state index is 0.455. The Hall–Kier alpha value is -14.6. The van der Waals surface area contributed by atoms with Crippen LogP contribution in [0.5, 0.6) is 0 Å². The number of aryl methyl sites for hydroxylation is 3. The molecule has 0 aliphatic heterocycles. The highest BCUT2D eigenvalue weighted by Crippen LogP contribution is 2.45. The number of imidazole rings is 4. The van der Waals surface area contributed by atoms with E-state index in [-0.39, 0.29) is 0 Å². The molecule has 0 bridgehead atoms. The normalized spacial score (nSPS) is 14.4. The summed E-state index contributed by atoms with van der Waals surface area (Å²) in [6.07, 6.45) is 30.9. The zero-order valence-electron chi connectivity index (χ0n) is 65.5. The zero-order chi connectivity index (χ0) is 79.8. The Morgan fingerprint density at radius 1 is 0.331 bits per heavy atom. The minimum absolute atomic E-state index is 0.455. The number of pyridine rings is 1. The van der Waals surface area contributed by atoms with Gasteiger partial charge in [0, 0.05) is 152 Å². The van der Waals surface area contributed by atoms with E-state index in [0.29, 0.717) is 52.5 Å². The first-order valence-corrected chi connectivity index (χ1v) is 40.4. The van der Waals surface area contributed by atoms with Crippen LogP contribution in [0.4, 0.5) is 23.3 Å². The smallest absolute Gasteiger partial charge is 0.265 e. The summed E-state index contributed by atoms with van der Waals surface area (Å²) in [5.74, 6) is 9.64. The lowest BCUT2D eigenvalue weighted by Gasteiger charge is -2.23. The monoisotopic (exact) mass is 1550 g/mol. The molecule has 23 rings (SSSR count). The van der Waals surface area contributed by atoms with Crippen molar-refractivity contribution in [3.8, 4) is 79.1 Å². The molecule has 24 heteroatoms. The molecule has 4 aliphatic carbocycles. The molecule has 12 heterocycles. The number of rotatable bonds is 11. The number of nitrogen functional groups attached to an aromatic ring is 4. The predicted octanol–water partition coefficient (Wildman–Crippen LogP) is 18.4. The number of hydrogen-bond acceptors (Lipinski definition) is 19. The van der Waals surface area contributed by atoms with Crippen molar-refractivity contribution in [3.63, 3.8) is 0 Å². The van der Waals surface area contributed by atoms with Crippen molar-refractivity contribution in [2.24, 2.45) is 0 Å². The van der Waals surface area contributed by atoms with Crippen LogP contribution in [0.1, 0.15) is 141 Å². The molecule has 0 spiro atoms. The van der Waals surface area contributed by atoms with Gasteiger partial charge in [0.25, 0.3) is 11.2 Å². The van der Waals surface area contributed by atoms with Crippen molar-refractivity contribution in [1.82, 2.24) is 87.4 Å². The molecule has 24 nitrogen and oxygen atoms in total. The lowest BCUT2D eigenvalue weighted by molar-refractivity contribution is -0.876. The second kappa shape index (κ2) is 30.0. The van der Waals surface area contributed by atoms with Crippen LogP contribution in [0.2, 0.25) is 0 Å². The topological polar surface area (TPSA) is 326 Å². The SMILES string of the molecule is Cc1cnc2ccc(-c3nc(C4CCC4)n4ccnc(N)c34)cc2n1.Cc1nc(-c2ccccc2)nc2cc(-c3nc(C4CCC4)n4ccnc(N)c34)ccc12.Cc1nc(-c2ccccc2)nc2cc(-c3nc(C4CCC4)n4ccnc(N)c34)ccc12.Nc1nccn2c(C3CCC3)nc(-c3ccc4ccc(-c5ccccc5)[n+](O)c4c3)c12. The summed E-state index contributed by atoms with van der Waals surface area (Å²) >= 11 is 0. The Morgan fingerprint density at radius 3 is 1.06 bits per heavy atom. The first kappa shape index (κ1) is 72.4. The Morgan fingerprint density at radius 2 is 0.678 bits per heavy atom. The van der Waals surface area contributed by atoms with Gasteiger partial charge in [-0.15, -0.1) is 0 Å². The molecular formula is C94H84N23O+. The van der Waals surface area contributed by atoms with Crippen molar-refractivity contribution in [2.75, 3.05) is 22.9 Å². The number of aromatic nitrogens is 19. The minimum Gasteiger partial charge on any atom is -0.382 e. The molecule has 4 fully saturated rings. The van der Waals surface area contributed by atoms with Crippen LogP contribution in [0.25, 0.3) is 145 Å². The van der Waals surface area contributed by atoms with E-state index in [1.54, 1.807) is 31.0 Å². The van der Waals surface area contributed by atoms with Crippen LogP contribution in [0.3, 0.4) is 0 Å². The van der Waals surface area contributed by atoms with Crippen LogP contribution in [0, 0.1) is 20.8 Å². The van der Waals surface area contributed by atoms with E-state index in [4.69, 9.17) is 62.8 Å². The molecule has 9 N–H and O–H groups in total. The van der Waals surface area contributed by atoms with E-state index in [1.807, 2.05) is 185 Å². The van der Waals surface area contributed by atoms with Gasteiger partial charge in [-0.05, 0) is 121 Å². The molecule has 0 radical (unpaired) electrons. The summed E-state index contributed by atoms with van der Waals surface area (Å²) in [6, 6.07) is 58.5. The molecule has 0 saturated heterocycles. The summed E-state index contributed by atoms with van der Waals surface area (Å²) in [4.78, 5) is 65.5. The van der Waals surface area contributed by atoms with E-state index in [1.165, 1.54) is 68.9 Å². The van der Waals surface area contributed by atoms with Crippen molar-refractivity contribution >= 4 is 89.1 Å². The zero-order valence-corrected chi connectivity index (χ0v) is 65.5. The van der Waals surface area contributed by atoms with E-state index in [9.17, 15) is 5.21 Å². The average molecular weight is 1550 g/mol. The number of nitrogens with two attached hydrogens (primary N) is 4. The maximum atomic E-state index is 11.0. The Balaban J connectivity index is 0.000000101. The van der Waals surface area contributed by atoms with Gasteiger partial charge in [0.2, 0.25) is 0 Å². The fraction of sp³-hybridized carbons (Fsp3) is 0.202. The maximum absolute atomic E-state index is 11.0. The highest BCUT2D eigenvalue weighted by molar-refractivity contribution is 5.95. The largest absolute Gasteiger partial charge is 0.382 e. The first-order valence-electron chi connectivity index (χ1n) is 40.4. The second-order valence-corrected chi connectivity index (χ2v) is 31.3. The number of anilines is 4. The molecule has 4 aliphatic rings. The van der Waals surface area contributed by atoms with E-state index >= 15 is 0 Å². The van der Waals surface area contributed by atoms with Gasteiger partial charge in [-0.25, -0.2) is 64.8 Å². The summed E-state index contributed by atoms with van der Waals surface area (Å²) in [7, 11) is 0. The van der Waals surface area contributed by atoms with Crippen LogP contribution >= 0.6 is 0 Å². The fourth-order valence-electron chi connectivity index (χ4n) is 16.7. The number of nitrogens with zero attached hydrogens (tertiary/aromatic N) is 19. The van der Waals surface area contributed by atoms with Gasteiger partial charge in [-0.1, -0.05) is 141 Å².